The number of phosphoric ester groups is 1. The number of anilines is 1. The van der Waals surface area contributed by atoms with E-state index in [1.54, 1.807) is 6.26 Å². The van der Waals surface area contributed by atoms with Crippen molar-refractivity contribution in [2.45, 2.75) is 29.7 Å². The second-order valence-electron chi connectivity index (χ2n) is 5.74. The van der Waals surface area contributed by atoms with Crippen LogP contribution in [0.4, 0.5) is 5.82 Å². The summed E-state index contributed by atoms with van der Waals surface area (Å²) in [5.41, 5.74) is 6.22. The molecule has 1 aliphatic rings. The molecule has 162 valence electrons. The van der Waals surface area contributed by atoms with Gasteiger partial charge in [0.2, 0.25) is 0 Å². The molecule has 0 aliphatic carbocycles. The van der Waals surface area contributed by atoms with Crippen LogP contribution in [0.5, 0.6) is 0 Å². The molecule has 15 nitrogen and oxygen atoms in total. The quantitative estimate of drug-likeness (QED) is 0.208. The average molecular weight is 470 g/mol. The topological polar surface area (TPSA) is 241 Å². The number of aliphatic hydroxyl groups excluding tert-OH is 2. The van der Waals surface area contributed by atoms with E-state index in [0.717, 1.165) is 0 Å². The first-order valence-electron chi connectivity index (χ1n) is 7.66. The molecule has 5 atom stereocenters. The molecule has 0 aromatic carbocycles. The van der Waals surface area contributed by atoms with Gasteiger partial charge in [-0.05, 0) is 6.26 Å². The Morgan fingerprint density at radius 2 is 2.00 bits per heavy atom. The van der Waals surface area contributed by atoms with Gasteiger partial charge in [0.15, 0.2) is 22.8 Å². The Labute approximate surface area is 166 Å². The van der Waals surface area contributed by atoms with E-state index in [2.05, 4.69) is 23.8 Å². The van der Waals surface area contributed by atoms with Crippen LogP contribution in [-0.2, 0) is 22.7 Å². The Morgan fingerprint density at radius 3 is 2.62 bits per heavy atom. The minimum Gasteiger partial charge on any atom is -0.790 e. The van der Waals surface area contributed by atoms with E-state index < -0.39 is 46.8 Å². The van der Waals surface area contributed by atoms with Crippen molar-refractivity contribution < 1.29 is 47.6 Å². The molecule has 0 bridgehead atoms. The van der Waals surface area contributed by atoms with Gasteiger partial charge < -0.3 is 44.5 Å². The molecule has 2 aromatic heterocycles. The molecule has 1 saturated heterocycles. The van der Waals surface area contributed by atoms with E-state index in [1.807, 2.05) is 0 Å². The van der Waals surface area contributed by atoms with Crippen molar-refractivity contribution in [1.29, 1.82) is 0 Å². The van der Waals surface area contributed by atoms with Crippen LogP contribution in [0.2, 0.25) is 0 Å². The zero-order chi connectivity index (χ0) is 21.6. The summed E-state index contributed by atoms with van der Waals surface area (Å²) in [6.45, 7) is -0.935. The summed E-state index contributed by atoms with van der Waals surface area (Å²) in [5.74, 6) is 0.0788. The lowest BCUT2D eigenvalue weighted by atomic mass is 10.1. The minimum atomic E-state index is -5.86. The third-order valence-electron chi connectivity index (χ3n) is 3.82. The summed E-state index contributed by atoms with van der Waals surface area (Å²) in [6, 6.07) is 0. The van der Waals surface area contributed by atoms with Gasteiger partial charge in [0.05, 0.1) is 20.8 Å². The molecule has 3 heterocycles. The maximum absolute atomic E-state index is 11.3. The molecule has 4 N–H and O–H groups in total. The SMILES string of the molecule is CSc1nc(N)c2ncn([C@@H]3O[C@H](COP(=O)([O-])OP(=O)([O-])[O-])C(O)[C@H]3O)c2n1. The monoisotopic (exact) mass is 470 g/mol. The molecule has 0 radical (unpaired) electrons. The third kappa shape index (κ3) is 4.95. The third-order valence-corrected chi connectivity index (χ3v) is 6.43. The number of nitrogens with two attached hydrogens (primary N) is 1. The second-order valence-corrected chi connectivity index (χ2v) is 9.21. The standard InChI is InChI=1S/C11H17N5O10P2S/c1-29-11-14-8(12)5-9(15-11)16(3-13-5)10-7(18)6(17)4(25-10)2-24-28(22,23)26-27(19,20)21/h3-4,6-7,10,17-18H,2H2,1H3,(H,22,23)(H2,12,14,15)(H2,19,20,21)/p-3/t4-,6?,7-,10-/m1/s1. The highest BCUT2D eigenvalue weighted by Crippen LogP contribution is 2.50. The molecular weight excluding hydrogens is 456 g/mol. The summed E-state index contributed by atoms with van der Waals surface area (Å²) < 4.78 is 36.0. The van der Waals surface area contributed by atoms with Crippen molar-refractivity contribution in [3.63, 3.8) is 0 Å². The first-order valence-corrected chi connectivity index (χ1v) is 11.8. The Kier molecular flexibility index (Phi) is 6.34. The second kappa shape index (κ2) is 8.17. The summed E-state index contributed by atoms with van der Waals surface area (Å²) in [4.78, 5) is 44.5. The average Bonchev–Trinajstić information content (AvgIpc) is 3.13. The zero-order valence-corrected chi connectivity index (χ0v) is 17.0. The van der Waals surface area contributed by atoms with Gasteiger partial charge >= 0.3 is 0 Å². The van der Waals surface area contributed by atoms with Crippen LogP contribution in [-0.4, -0.2) is 60.9 Å². The number of hydrogen-bond donors (Lipinski definition) is 3. The van der Waals surface area contributed by atoms with Crippen molar-refractivity contribution in [3.8, 4) is 0 Å². The van der Waals surface area contributed by atoms with Crippen LogP contribution in [0.3, 0.4) is 0 Å². The predicted molar refractivity (Wildman–Crippen MR) is 89.7 cm³/mol. The van der Waals surface area contributed by atoms with Crippen LogP contribution in [0, 0.1) is 0 Å². The number of rotatable bonds is 7. The van der Waals surface area contributed by atoms with E-state index >= 15 is 0 Å². The van der Waals surface area contributed by atoms with E-state index in [0.29, 0.717) is 5.16 Å². The van der Waals surface area contributed by atoms with Crippen molar-refractivity contribution in [3.05, 3.63) is 6.33 Å². The summed E-state index contributed by atoms with van der Waals surface area (Å²) >= 11 is 1.20. The van der Waals surface area contributed by atoms with Crippen LogP contribution >= 0.6 is 27.4 Å². The number of nitrogen functional groups attached to an aromatic ring is 1. The highest BCUT2D eigenvalue weighted by Gasteiger charge is 2.45. The van der Waals surface area contributed by atoms with Gasteiger partial charge in [-0.3, -0.25) is 13.4 Å². The van der Waals surface area contributed by atoms with E-state index in [1.165, 1.54) is 22.7 Å². The molecule has 2 aromatic rings. The number of thioether (sulfide) groups is 1. The van der Waals surface area contributed by atoms with Crippen LogP contribution < -0.4 is 20.4 Å². The fraction of sp³-hybridized carbons (Fsp3) is 0.545. The lowest BCUT2D eigenvalue weighted by molar-refractivity contribution is -0.339. The molecule has 0 amide bonds. The number of fused-ring (bicyclic) bond motifs is 1. The van der Waals surface area contributed by atoms with Crippen LogP contribution in [0.1, 0.15) is 6.23 Å². The number of nitrogens with zero attached hydrogens (tertiary/aromatic N) is 4. The van der Waals surface area contributed by atoms with Crippen molar-refractivity contribution in [1.82, 2.24) is 19.5 Å². The highest BCUT2D eigenvalue weighted by molar-refractivity contribution is 7.98. The van der Waals surface area contributed by atoms with E-state index in [9.17, 15) is 34.0 Å². The summed E-state index contributed by atoms with van der Waals surface area (Å²) in [5, 5.41) is 20.7. The highest BCUT2D eigenvalue weighted by atomic mass is 32.2. The molecular formula is C11H14N5O10P2S-3. The number of hydrogen-bond acceptors (Lipinski definition) is 15. The number of ether oxygens (including phenoxy) is 1. The van der Waals surface area contributed by atoms with Gasteiger partial charge in [-0.1, -0.05) is 11.8 Å². The first-order chi connectivity index (χ1) is 13.4. The van der Waals surface area contributed by atoms with Crippen molar-refractivity contribution in [2.24, 2.45) is 0 Å². The maximum atomic E-state index is 11.3. The number of phosphoric acid groups is 2. The van der Waals surface area contributed by atoms with Crippen LogP contribution in [0.15, 0.2) is 11.5 Å². The molecule has 0 spiro atoms. The van der Waals surface area contributed by atoms with E-state index in [4.69, 9.17) is 10.5 Å². The molecule has 0 saturated carbocycles. The largest absolute Gasteiger partial charge is 0.790 e. The van der Waals surface area contributed by atoms with Crippen molar-refractivity contribution >= 4 is 44.4 Å². The fourth-order valence-electron chi connectivity index (χ4n) is 2.60. The van der Waals surface area contributed by atoms with Crippen LogP contribution in [0.25, 0.3) is 11.2 Å². The Hall–Kier alpha value is -1.16. The van der Waals surface area contributed by atoms with Gasteiger partial charge in [0.1, 0.15) is 23.8 Å². The molecule has 18 heteroatoms. The number of aliphatic hydroxyl groups is 2. The smallest absolute Gasteiger partial charge is 0.271 e. The normalized spacial score (nSPS) is 27.4. The maximum Gasteiger partial charge on any atom is 0.271 e. The number of imidazole rings is 1. The lowest BCUT2D eigenvalue weighted by Crippen LogP contribution is -2.34. The first kappa shape index (κ1) is 22.5. The summed E-state index contributed by atoms with van der Waals surface area (Å²) in [7, 11) is -11.4. The molecule has 2 unspecified atom stereocenters. The van der Waals surface area contributed by atoms with Gasteiger partial charge in [0.25, 0.3) is 7.82 Å². The molecule has 3 rings (SSSR count). The Bertz CT molecular complexity index is 1000. The number of aromatic nitrogens is 4. The molecule has 1 aliphatic heterocycles. The predicted octanol–water partition coefficient (Wildman–Crippen LogP) is -2.92. The fourth-order valence-corrected chi connectivity index (χ4v) is 4.47. The Balaban J connectivity index is 1.80. The Morgan fingerprint density at radius 1 is 1.31 bits per heavy atom. The van der Waals surface area contributed by atoms with Gasteiger partial charge in [0, 0.05) is 0 Å². The molecule has 1 fully saturated rings. The minimum absolute atomic E-state index is 0.0788. The van der Waals surface area contributed by atoms with Gasteiger partial charge in [-0.25, -0.2) is 15.0 Å². The lowest BCUT2D eigenvalue weighted by Gasteiger charge is -2.35. The van der Waals surface area contributed by atoms with Crippen molar-refractivity contribution in [2.75, 3.05) is 18.6 Å². The zero-order valence-electron chi connectivity index (χ0n) is 14.4. The molecule has 29 heavy (non-hydrogen) atoms. The summed E-state index contributed by atoms with van der Waals surface area (Å²) in [6.07, 6.45) is -2.93. The van der Waals surface area contributed by atoms with Gasteiger partial charge in [-0.15, -0.1) is 0 Å². The van der Waals surface area contributed by atoms with Gasteiger partial charge in [-0.2, -0.15) is 0 Å². The van der Waals surface area contributed by atoms with E-state index in [-0.39, 0.29) is 17.0 Å².